The smallest absolute Gasteiger partial charge is 0.322 e. The van der Waals surface area contributed by atoms with Crippen LogP contribution < -0.4 is 11.1 Å². The summed E-state index contributed by atoms with van der Waals surface area (Å²) >= 11 is 0. The van der Waals surface area contributed by atoms with E-state index in [-0.39, 0.29) is 11.8 Å². The van der Waals surface area contributed by atoms with Crippen LogP contribution in [0, 0.1) is 5.82 Å². The van der Waals surface area contributed by atoms with Crippen LogP contribution in [0.4, 0.5) is 14.9 Å². The predicted octanol–water partition coefficient (Wildman–Crippen LogP) is 2.95. The molecule has 2 rings (SSSR count). The molecule has 1 saturated carbocycles. The molecule has 0 aliphatic heterocycles. The second kappa shape index (κ2) is 7.24. The zero-order valence-electron chi connectivity index (χ0n) is 11.6. The summed E-state index contributed by atoms with van der Waals surface area (Å²) in [6.07, 6.45) is 5.26. The van der Waals surface area contributed by atoms with Crippen molar-refractivity contribution in [3.05, 3.63) is 30.1 Å². The van der Waals surface area contributed by atoms with E-state index in [1.807, 2.05) is 4.90 Å². The number of hydrogen-bond donors (Lipinski definition) is 2. The molecule has 20 heavy (non-hydrogen) atoms. The fraction of sp³-hybridized carbons (Fsp3) is 0.533. The minimum absolute atomic E-state index is 0.114. The number of benzene rings is 1. The van der Waals surface area contributed by atoms with Gasteiger partial charge in [-0.3, -0.25) is 0 Å². The summed E-state index contributed by atoms with van der Waals surface area (Å²) in [5, 5.41) is 2.83. The zero-order valence-corrected chi connectivity index (χ0v) is 11.6. The maximum atomic E-state index is 12.9. The molecule has 1 aliphatic rings. The van der Waals surface area contributed by atoms with Crippen molar-refractivity contribution in [3.8, 4) is 0 Å². The van der Waals surface area contributed by atoms with Crippen LogP contribution in [0.1, 0.15) is 32.1 Å². The van der Waals surface area contributed by atoms with E-state index in [0.717, 1.165) is 19.3 Å². The first-order valence-electron chi connectivity index (χ1n) is 7.24. The zero-order chi connectivity index (χ0) is 14.4. The van der Waals surface area contributed by atoms with E-state index in [9.17, 15) is 9.18 Å². The minimum Gasteiger partial charge on any atom is -0.330 e. The Hall–Kier alpha value is -1.62. The number of amides is 2. The van der Waals surface area contributed by atoms with E-state index in [2.05, 4.69) is 5.32 Å². The highest BCUT2D eigenvalue weighted by Gasteiger charge is 2.26. The summed E-state index contributed by atoms with van der Waals surface area (Å²) in [7, 11) is 0. The highest BCUT2D eigenvalue weighted by molar-refractivity contribution is 5.89. The summed E-state index contributed by atoms with van der Waals surface area (Å²) in [5.74, 6) is -0.307. The molecule has 1 aromatic rings. The van der Waals surface area contributed by atoms with Crippen LogP contribution in [0.2, 0.25) is 0 Å². The van der Waals surface area contributed by atoms with Gasteiger partial charge >= 0.3 is 6.03 Å². The van der Waals surface area contributed by atoms with Gasteiger partial charge < -0.3 is 16.0 Å². The van der Waals surface area contributed by atoms with Gasteiger partial charge in [-0.15, -0.1) is 0 Å². The number of urea groups is 1. The van der Waals surface area contributed by atoms with E-state index >= 15 is 0 Å². The number of carbonyl (C=O) groups excluding carboxylic acids is 1. The van der Waals surface area contributed by atoms with Crippen LogP contribution in [0.15, 0.2) is 24.3 Å². The van der Waals surface area contributed by atoms with Crippen molar-refractivity contribution in [2.75, 3.05) is 18.4 Å². The number of hydrogen-bond acceptors (Lipinski definition) is 2. The molecule has 5 heteroatoms. The van der Waals surface area contributed by atoms with Gasteiger partial charge in [-0.1, -0.05) is 12.8 Å². The van der Waals surface area contributed by atoms with Crippen molar-refractivity contribution < 1.29 is 9.18 Å². The SMILES string of the molecule is NCCCN(C(=O)Nc1ccc(F)cc1)C1CCCC1. The van der Waals surface area contributed by atoms with Crippen molar-refractivity contribution in [2.24, 2.45) is 5.73 Å². The Labute approximate surface area is 119 Å². The van der Waals surface area contributed by atoms with Gasteiger partial charge in [0, 0.05) is 18.3 Å². The lowest BCUT2D eigenvalue weighted by molar-refractivity contribution is 0.188. The molecule has 110 valence electrons. The maximum Gasteiger partial charge on any atom is 0.322 e. The minimum atomic E-state index is -0.307. The van der Waals surface area contributed by atoms with Gasteiger partial charge in [0.2, 0.25) is 0 Å². The number of anilines is 1. The number of rotatable bonds is 5. The standard InChI is InChI=1S/C15H22FN3O/c16-12-6-8-13(9-7-12)18-15(20)19(11-3-10-17)14-4-1-2-5-14/h6-9,14H,1-5,10-11,17H2,(H,18,20). The lowest BCUT2D eigenvalue weighted by Crippen LogP contribution is -2.42. The second-order valence-electron chi connectivity index (χ2n) is 5.21. The predicted molar refractivity (Wildman–Crippen MR) is 78.1 cm³/mol. The summed E-state index contributed by atoms with van der Waals surface area (Å²) in [4.78, 5) is 14.2. The fourth-order valence-electron chi connectivity index (χ4n) is 2.66. The molecule has 0 spiro atoms. The average Bonchev–Trinajstić information content (AvgIpc) is 2.96. The molecule has 0 radical (unpaired) electrons. The van der Waals surface area contributed by atoms with Gasteiger partial charge in [-0.05, 0) is 50.1 Å². The van der Waals surface area contributed by atoms with Crippen molar-refractivity contribution in [3.63, 3.8) is 0 Å². The third-order valence-electron chi connectivity index (χ3n) is 3.72. The van der Waals surface area contributed by atoms with Crippen LogP contribution in [0.5, 0.6) is 0 Å². The van der Waals surface area contributed by atoms with Crippen LogP contribution in [-0.4, -0.2) is 30.1 Å². The van der Waals surface area contributed by atoms with Gasteiger partial charge in [-0.25, -0.2) is 9.18 Å². The van der Waals surface area contributed by atoms with Crippen molar-refractivity contribution in [1.82, 2.24) is 4.90 Å². The van der Waals surface area contributed by atoms with Gasteiger partial charge in [0.15, 0.2) is 0 Å². The Bertz CT molecular complexity index is 429. The van der Waals surface area contributed by atoms with Gasteiger partial charge in [0.25, 0.3) is 0 Å². The van der Waals surface area contributed by atoms with E-state index < -0.39 is 0 Å². The average molecular weight is 279 g/mol. The first-order valence-corrected chi connectivity index (χ1v) is 7.24. The number of carbonyl (C=O) groups is 1. The van der Waals surface area contributed by atoms with E-state index in [0.29, 0.717) is 24.8 Å². The quantitative estimate of drug-likeness (QED) is 0.870. The van der Waals surface area contributed by atoms with E-state index in [4.69, 9.17) is 5.73 Å². The van der Waals surface area contributed by atoms with Crippen LogP contribution in [0.3, 0.4) is 0 Å². The van der Waals surface area contributed by atoms with Gasteiger partial charge in [0.05, 0.1) is 0 Å². The Morgan fingerprint density at radius 3 is 2.55 bits per heavy atom. The Kier molecular flexibility index (Phi) is 5.35. The summed E-state index contributed by atoms with van der Waals surface area (Å²) in [6, 6.07) is 6.02. The van der Waals surface area contributed by atoms with Gasteiger partial charge in [0.1, 0.15) is 5.82 Å². The molecule has 1 aromatic carbocycles. The molecule has 1 fully saturated rings. The van der Waals surface area contributed by atoms with Crippen LogP contribution >= 0.6 is 0 Å². The Morgan fingerprint density at radius 2 is 1.95 bits per heavy atom. The highest BCUT2D eigenvalue weighted by atomic mass is 19.1. The van der Waals surface area contributed by atoms with E-state index in [1.54, 1.807) is 12.1 Å². The van der Waals surface area contributed by atoms with Crippen LogP contribution in [0.25, 0.3) is 0 Å². The molecule has 0 heterocycles. The third kappa shape index (κ3) is 3.93. The second-order valence-corrected chi connectivity index (χ2v) is 5.21. The molecular weight excluding hydrogens is 257 g/mol. The molecule has 3 N–H and O–H groups in total. The third-order valence-corrected chi connectivity index (χ3v) is 3.72. The maximum absolute atomic E-state index is 12.9. The number of nitrogens with one attached hydrogen (secondary N) is 1. The van der Waals surface area contributed by atoms with Crippen molar-refractivity contribution >= 4 is 11.7 Å². The molecular formula is C15H22FN3O. The molecule has 2 amide bonds. The normalized spacial score (nSPS) is 15.3. The summed E-state index contributed by atoms with van der Waals surface area (Å²) in [5.41, 5.74) is 6.16. The van der Waals surface area contributed by atoms with Crippen molar-refractivity contribution in [1.29, 1.82) is 0 Å². The number of nitrogens with two attached hydrogens (primary N) is 1. The molecule has 1 aliphatic carbocycles. The van der Waals surface area contributed by atoms with Crippen LogP contribution in [-0.2, 0) is 0 Å². The van der Waals surface area contributed by atoms with Crippen molar-refractivity contribution in [2.45, 2.75) is 38.1 Å². The Morgan fingerprint density at radius 1 is 1.30 bits per heavy atom. The summed E-state index contributed by atoms with van der Waals surface area (Å²) in [6.45, 7) is 1.25. The molecule has 0 saturated heterocycles. The monoisotopic (exact) mass is 279 g/mol. The van der Waals surface area contributed by atoms with Gasteiger partial charge in [-0.2, -0.15) is 0 Å². The fourth-order valence-corrected chi connectivity index (χ4v) is 2.66. The molecule has 0 bridgehead atoms. The van der Waals surface area contributed by atoms with E-state index in [1.165, 1.54) is 25.0 Å². The molecule has 0 atom stereocenters. The lowest BCUT2D eigenvalue weighted by Gasteiger charge is -2.29. The molecule has 0 aromatic heterocycles. The first kappa shape index (κ1) is 14.8. The molecule has 4 nitrogen and oxygen atoms in total. The lowest BCUT2D eigenvalue weighted by atomic mass is 10.2. The first-order chi connectivity index (χ1) is 9.70. The highest BCUT2D eigenvalue weighted by Crippen LogP contribution is 2.24. The number of nitrogens with zero attached hydrogens (tertiary/aromatic N) is 1. The topological polar surface area (TPSA) is 58.4 Å². The Balaban J connectivity index is 1.99. The number of halogens is 1. The molecule has 0 unspecified atom stereocenters. The largest absolute Gasteiger partial charge is 0.330 e. The summed E-state index contributed by atoms with van der Waals surface area (Å²) < 4.78 is 12.9.